The number of hydrogen-bond donors (Lipinski definition) is 1. The van der Waals surface area contributed by atoms with E-state index in [1.807, 2.05) is 13.0 Å². The minimum Gasteiger partial charge on any atom is -0.383 e. The Bertz CT molecular complexity index is 818. The van der Waals surface area contributed by atoms with Gasteiger partial charge in [-0.2, -0.15) is 0 Å². The number of nitrogens with two attached hydrogens (primary N) is 1. The first-order chi connectivity index (χ1) is 9.54. The lowest BCUT2D eigenvalue weighted by Crippen LogP contribution is -1.99. The van der Waals surface area contributed by atoms with Crippen molar-refractivity contribution in [3.05, 3.63) is 52.8 Å². The van der Waals surface area contributed by atoms with Gasteiger partial charge >= 0.3 is 0 Å². The SMILES string of the molecule is Cc1ccc(Cl)cc1-c1nc(N)c2cc(F)ccc2n1. The maximum absolute atomic E-state index is 13.2. The summed E-state index contributed by atoms with van der Waals surface area (Å²) in [7, 11) is 0. The molecule has 0 bridgehead atoms. The van der Waals surface area contributed by atoms with Crippen LogP contribution >= 0.6 is 11.6 Å². The molecule has 1 heterocycles. The van der Waals surface area contributed by atoms with Gasteiger partial charge in [0.15, 0.2) is 5.82 Å². The van der Waals surface area contributed by atoms with Gasteiger partial charge in [-0.05, 0) is 42.8 Å². The fourth-order valence-corrected chi connectivity index (χ4v) is 2.25. The standard InChI is InChI=1S/C15H11ClFN3/c1-8-2-3-9(16)6-11(8)15-19-13-5-4-10(17)7-12(13)14(18)20-15/h2-7H,1H3,(H2,18,19,20). The Morgan fingerprint density at radius 1 is 1.10 bits per heavy atom. The number of aromatic nitrogens is 2. The summed E-state index contributed by atoms with van der Waals surface area (Å²) in [5.41, 5.74) is 8.32. The molecule has 3 rings (SSSR count). The predicted octanol–water partition coefficient (Wildman–Crippen LogP) is 3.98. The number of fused-ring (bicyclic) bond motifs is 1. The number of halogens is 2. The number of nitrogen functional groups attached to an aromatic ring is 1. The molecule has 2 N–H and O–H groups in total. The van der Waals surface area contributed by atoms with E-state index >= 15 is 0 Å². The lowest BCUT2D eigenvalue weighted by molar-refractivity contribution is 0.629. The molecule has 2 aromatic carbocycles. The molecule has 0 spiro atoms. The average Bonchev–Trinajstić information content (AvgIpc) is 2.42. The molecule has 5 heteroatoms. The van der Waals surface area contributed by atoms with E-state index in [4.69, 9.17) is 17.3 Å². The first-order valence-corrected chi connectivity index (χ1v) is 6.42. The Kier molecular flexibility index (Phi) is 3.03. The summed E-state index contributed by atoms with van der Waals surface area (Å²) in [5, 5.41) is 1.11. The van der Waals surface area contributed by atoms with Gasteiger partial charge in [0.1, 0.15) is 11.6 Å². The monoisotopic (exact) mass is 287 g/mol. The molecule has 0 radical (unpaired) electrons. The van der Waals surface area contributed by atoms with Crippen molar-refractivity contribution in [2.75, 3.05) is 5.73 Å². The van der Waals surface area contributed by atoms with Crippen LogP contribution in [0.1, 0.15) is 5.56 Å². The zero-order valence-corrected chi connectivity index (χ0v) is 11.4. The quantitative estimate of drug-likeness (QED) is 0.736. The van der Waals surface area contributed by atoms with Crippen molar-refractivity contribution in [2.45, 2.75) is 6.92 Å². The maximum atomic E-state index is 13.2. The molecule has 0 aliphatic carbocycles. The molecule has 1 aromatic heterocycles. The Morgan fingerprint density at radius 2 is 1.90 bits per heavy atom. The lowest BCUT2D eigenvalue weighted by atomic mass is 10.1. The van der Waals surface area contributed by atoms with Crippen LogP contribution in [-0.4, -0.2) is 9.97 Å². The van der Waals surface area contributed by atoms with Crippen molar-refractivity contribution in [1.29, 1.82) is 0 Å². The zero-order chi connectivity index (χ0) is 14.3. The van der Waals surface area contributed by atoms with Crippen molar-refractivity contribution >= 4 is 28.3 Å². The van der Waals surface area contributed by atoms with Crippen molar-refractivity contribution in [2.24, 2.45) is 0 Å². The highest BCUT2D eigenvalue weighted by Crippen LogP contribution is 2.27. The minimum absolute atomic E-state index is 0.254. The van der Waals surface area contributed by atoms with Gasteiger partial charge in [0, 0.05) is 16.0 Å². The summed E-state index contributed by atoms with van der Waals surface area (Å²) in [4.78, 5) is 8.69. The molecule has 0 aliphatic heterocycles. The zero-order valence-electron chi connectivity index (χ0n) is 10.7. The van der Waals surface area contributed by atoms with Crippen LogP contribution in [0.2, 0.25) is 5.02 Å². The fraction of sp³-hybridized carbons (Fsp3) is 0.0667. The molecule has 0 aliphatic rings. The molecule has 20 heavy (non-hydrogen) atoms. The highest BCUT2D eigenvalue weighted by atomic mass is 35.5. The second-order valence-electron chi connectivity index (χ2n) is 4.55. The van der Waals surface area contributed by atoms with E-state index in [0.29, 0.717) is 21.7 Å². The summed E-state index contributed by atoms with van der Waals surface area (Å²) in [5.74, 6) is 0.380. The molecule has 0 saturated heterocycles. The third kappa shape index (κ3) is 2.18. The van der Waals surface area contributed by atoms with Crippen molar-refractivity contribution in [1.82, 2.24) is 9.97 Å². The number of aryl methyl sites for hydroxylation is 1. The third-order valence-electron chi connectivity index (χ3n) is 3.13. The van der Waals surface area contributed by atoms with Crippen LogP contribution in [0, 0.1) is 12.7 Å². The Balaban J connectivity index is 2.27. The van der Waals surface area contributed by atoms with Gasteiger partial charge in [-0.15, -0.1) is 0 Å². The van der Waals surface area contributed by atoms with Crippen molar-refractivity contribution < 1.29 is 4.39 Å². The number of anilines is 1. The van der Waals surface area contributed by atoms with E-state index in [1.165, 1.54) is 12.1 Å². The molecule has 0 amide bonds. The van der Waals surface area contributed by atoms with Crippen LogP contribution in [-0.2, 0) is 0 Å². The number of benzene rings is 2. The van der Waals surface area contributed by atoms with Crippen LogP contribution in [0.25, 0.3) is 22.3 Å². The molecule has 100 valence electrons. The van der Waals surface area contributed by atoms with Gasteiger partial charge in [0.2, 0.25) is 0 Å². The first kappa shape index (κ1) is 12.8. The molecular formula is C15H11ClFN3. The lowest BCUT2D eigenvalue weighted by Gasteiger charge is -2.08. The van der Waals surface area contributed by atoms with Crippen LogP contribution < -0.4 is 5.73 Å². The Morgan fingerprint density at radius 3 is 2.70 bits per heavy atom. The number of hydrogen-bond acceptors (Lipinski definition) is 3. The van der Waals surface area contributed by atoms with Gasteiger partial charge in [-0.25, -0.2) is 14.4 Å². The minimum atomic E-state index is -0.362. The van der Waals surface area contributed by atoms with Gasteiger partial charge in [-0.3, -0.25) is 0 Å². The van der Waals surface area contributed by atoms with E-state index in [9.17, 15) is 4.39 Å². The van der Waals surface area contributed by atoms with E-state index in [0.717, 1.165) is 11.1 Å². The normalized spacial score (nSPS) is 10.9. The molecule has 3 nitrogen and oxygen atoms in total. The predicted molar refractivity (Wildman–Crippen MR) is 79.1 cm³/mol. The highest BCUT2D eigenvalue weighted by Gasteiger charge is 2.10. The first-order valence-electron chi connectivity index (χ1n) is 6.04. The van der Waals surface area contributed by atoms with E-state index in [-0.39, 0.29) is 11.6 Å². The summed E-state index contributed by atoms with van der Waals surface area (Å²) < 4.78 is 13.2. The van der Waals surface area contributed by atoms with Crippen LogP contribution in [0.3, 0.4) is 0 Å². The smallest absolute Gasteiger partial charge is 0.162 e. The average molecular weight is 288 g/mol. The molecule has 0 atom stereocenters. The summed E-state index contributed by atoms with van der Waals surface area (Å²) in [6, 6.07) is 9.77. The van der Waals surface area contributed by atoms with Gasteiger partial charge < -0.3 is 5.73 Å². The molecule has 0 unspecified atom stereocenters. The second kappa shape index (κ2) is 4.72. The largest absolute Gasteiger partial charge is 0.383 e. The molecule has 0 saturated carbocycles. The summed E-state index contributed by atoms with van der Waals surface area (Å²) in [6.07, 6.45) is 0. The Labute approximate surface area is 120 Å². The molecule has 3 aromatic rings. The van der Waals surface area contributed by atoms with E-state index < -0.39 is 0 Å². The summed E-state index contributed by atoms with van der Waals surface area (Å²) in [6.45, 7) is 1.94. The summed E-state index contributed by atoms with van der Waals surface area (Å²) >= 11 is 6.01. The van der Waals surface area contributed by atoms with Crippen molar-refractivity contribution in [3.63, 3.8) is 0 Å². The fourth-order valence-electron chi connectivity index (χ4n) is 2.08. The van der Waals surface area contributed by atoms with Gasteiger partial charge in [-0.1, -0.05) is 17.7 Å². The number of rotatable bonds is 1. The van der Waals surface area contributed by atoms with Crippen LogP contribution in [0.5, 0.6) is 0 Å². The van der Waals surface area contributed by atoms with Crippen LogP contribution in [0.4, 0.5) is 10.2 Å². The molecule has 0 fully saturated rings. The van der Waals surface area contributed by atoms with E-state index in [1.54, 1.807) is 18.2 Å². The topological polar surface area (TPSA) is 51.8 Å². The third-order valence-corrected chi connectivity index (χ3v) is 3.36. The Hall–Kier alpha value is -2.20. The van der Waals surface area contributed by atoms with Gasteiger partial charge in [0.05, 0.1) is 5.52 Å². The second-order valence-corrected chi connectivity index (χ2v) is 4.99. The van der Waals surface area contributed by atoms with Gasteiger partial charge in [0.25, 0.3) is 0 Å². The maximum Gasteiger partial charge on any atom is 0.162 e. The highest BCUT2D eigenvalue weighted by molar-refractivity contribution is 6.30. The van der Waals surface area contributed by atoms with E-state index in [2.05, 4.69) is 9.97 Å². The number of nitrogens with zero attached hydrogens (tertiary/aromatic N) is 2. The van der Waals surface area contributed by atoms with Crippen LogP contribution in [0.15, 0.2) is 36.4 Å². The van der Waals surface area contributed by atoms with Crippen molar-refractivity contribution in [3.8, 4) is 11.4 Å². The molecular weight excluding hydrogens is 277 g/mol.